The molecule has 0 saturated carbocycles. The number of hydrogen-bond donors (Lipinski definition) is 0. The fraction of sp³-hybridized carbons (Fsp3) is 0.438. The predicted octanol–water partition coefficient (Wildman–Crippen LogP) is 3.59. The molecule has 0 bridgehead atoms. The van der Waals surface area contributed by atoms with Gasteiger partial charge in [0, 0.05) is 11.9 Å². The van der Waals surface area contributed by atoms with Gasteiger partial charge in [0.2, 0.25) is 0 Å². The molecule has 4 heteroatoms. The van der Waals surface area contributed by atoms with Crippen LogP contribution in [-0.4, -0.2) is 30.3 Å². The van der Waals surface area contributed by atoms with Crippen molar-refractivity contribution in [2.24, 2.45) is 0 Å². The van der Waals surface area contributed by atoms with Gasteiger partial charge in [-0.3, -0.25) is 0 Å². The number of morpholine rings is 1. The Balaban J connectivity index is 2.13. The van der Waals surface area contributed by atoms with Gasteiger partial charge in [0.05, 0.1) is 30.3 Å². The van der Waals surface area contributed by atoms with Crippen LogP contribution in [0.25, 0.3) is 10.8 Å². The van der Waals surface area contributed by atoms with Gasteiger partial charge in [0.1, 0.15) is 5.82 Å². The van der Waals surface area contributed by atoms with Crippen LogP contribution in [0.3, 0.4) is 0 Å². The molecule has 1 aliphatic rings. The third-order valence-electron chi connectivity index (χ3n) is 3.79. The number of alkyl halides is 1. The standard InChI is InChI=1S/C16H19ClN2O/c1-11-10-20-12(2)9-19(11)16-15-6-4-3-5-13(15)7-14(8-17)18-16/h3-7,11-12H,8-10H2,1-2H3. The minimum atomic E-state index is 0.228. The topological polar surface area (TPSA) is 25.4 Å². The molecular formula is C16H19ClN2O. The number of benzene rings is 1. The third kappa shape index (κ3) is 2.48. The van der Waals surface area contributed by atoms with Crippen molar-refractivity contribution >= 4 is 28.2 Å². The molecule has 0 spiro atoms. The van der Waals surface area contributed by atoms with E-state index in [-0.39, 0.29) is 6.10 Å². The maximum absolute atomic E-state index is 6.00. The summed E-state index contributed by atoms with van der Waals surface area (Å²) < 4.78 is 5.71. The van der Waals surface area contributed by atoms with E-state index in [4.69, 9.17) is 21.3 Å². The molecule has 1 aliphatic heterocycles. The molecule has 0 aliphatic carbocycles. The van der Waals surface area contributed by atoms with Crippen molar-refractivity contribution in [2.75, 3.05) is 18.1 Å². The van der Waals surface area contributed by atoms with Gasteiger partial charge >= 0.3 is 0 Å². The number of anilines is 1. The number of pyridine rings is 1. The lowest BCUT2D eigenvalue weighted by molar-refractivity contribution is 0.0341. The molecule has 1 aromatic heterocycles. The average molecular weight is 291 g/mol. The van der Waals surface area contributed by atoms with Crippen molar-refractivity contribution in [2.45, 2.75) is 31.9 Å². The number of fused-ring (bicyclic) bond motifs is 1. The summed E-state index contributed by atoms with van der Waals surface area (Å²) in [7, 11) is 0. The monoisotopic (exact) mass is 290 g/mol. The van der Waals surface area contributed by atoms with Crippen molar-refractivity contribution in [3.05, 3.63) is 36.0 Å². The van der Waals surface area contributed by atoms with E-state index in [1.807, 2.05) is 0 Å². The lowest BCUT2D eigenvalue weighted by Crippen LogP contribution is -2.48. The number of ether oxygens (including phenoxy) is 1. The van der Waals surface area contributed by atoms with E-state index in [0.717, 1.165) is 24.7 Å². The van der Waals surface area contributed by atoms with E-state index in [0.29, 0.717) is 11.9 Å². The quantitative estimate of drug-likeness (QED) is 0.791. The maximum atomic E-state index is 6.00. The van der Waals surface area contributed by atoms with Gasteiger partial charge in [-0.1, -0.05) is 24.3 Å². The normalized spacial score (nSPS) is 23.2. The van der Waals surface area contributed by atoms with Crippen molar-refractivity contribution in [3.8, 4) is 0 Å². The summed E-state index contributed by atoms with van der Waals surface area (Å²) in [6.07, 6.45) is 0.228. The first-order chi connectivity index (χ1) is 9.69. The van der Waals surface area contributed by atoms with E-state index < -0.39 is 0 Å². The second-order valence-electron chi connectivity index (χ2n) is 5.44. The molecule has 2 aromatic rings. The molecule has 3 rings (SSSR count). The number of halogens is 1. The molecule has 2 unspecified atom stereocenters. The molecule has 1 aromatic carbocycles. The fourth-order valence-electron chi connectivity index (χ4n) is 2.72. The summed E-state index contributed by atoms with van der Waals surface area (Å²) in [5.74, 6) is 1.47. The summed E-state index contributed by atoms with van der Waals surface area (Å²) in [5.41, 5.74) is 0.923. The molecule has 2 atom stereocenters. The van der Waals surface area contributed by atoms with Crippen LogP contribution in [0.2, 0.25) is 0 Å². The molecule has 106 valence electrons. The van der Waals surface area contributed by atoms with Crippen molar-refractivity contribution in [3.63, 3.8) is 0 Å². The van der Waals surface area contributed by atoms with E-state index in [9.17, 15) is 0 Å². The zero-order chi connectivity index (χ0) is 14.1. The molecule has 3 nitrogen and oxygen atoms in total. The molecule has 0 N–H and O–H groups in total. The van der Waals surface area contributed by atoms with Crippen LogP contribution in [0.15, 0.2) is 30.3 Å². The van der Waals surface area contributed by atoms with E-state index >= 15 is 0 Å². The Kier molecular flexibility index (Phi) is 3.81. The van der Waals surface area contributed by atoms with Gasteiger partial charge in [-0.25, -0.2) is 4.98 Å². The SMILES string of the molecule is CC1CN(c2nc(CCl)cc3ccccc23)C(C)CO1. The van der Waals surface area contributed by atoms with Gasteiger partial charge in [-0.2, -0.15) is 0 Å². The van der Waals surface area contributed by atoms with Gasteiger partial charge < -0.3 is 9.64 Å². The Morgan fingerprint density at radius 2 is 2.15 bits per heavy atom. The number of hydrogen-bond acceptors (Lipinski definition) is 3. The lowest BCUT2D eigenvalue weighted by atomic mass is 10.1. The number of nitrogens with zero attached hydrogens (tertiary/aromatic N) is 2. The molecule has 1 fully saturated rings. The van der Waals surface area contributed by atoms with Crippen LogP contribution in [0.1, 0.15) is 19.5 Å². The second-order valence-corrected chi connectivity index (χ2v) is 5.70. The van der Waals surface area contributed by atoms with Crippen molar-refractivity contribution < 1.29 is 4.74 Å². The highest BCUT2D eigenvalue weighted by atomic mass is 35.5. The van der Waals surface area contributed by atoms with E-state index in [1.165, 1.54) is 10.8 Å². The van der Waals surface area contributed by atoms with Gasteiger partial charge in [0.25, 0.3) is 0 Å². The predicted molar refractivity (Wildman–Crippen MR) is 83.5 cm³/mol. The van der Waals surface area contributed by atoms with Crippen LogP contribution < -0.4 is 4.90 Å². The summed E-state index contributed by atoms with van der Waals surface area (Å²) in [5, 5.41) is 2.38. The first-order valence-electron chi connectivity index (χ1n) is 7.02. The zero-order valence-electron chi connectivity index (χ0n) is 11.8. The smallest absolute Gasteiger partial charge is 0.137 e. The Labute approximate surface area is 124 Å². The Morgan fingerprint density at radius 3 is 2.95 bits per heavy atom. The lowest BCUT2D eigenvalue weighted by Gasteiger charge is -2.38. The molecule has 0 radical (unpaired) electrons. The van der Waals surface area contributed by atoms with Crippen LogP contribution in [0, 0.1) is 0 Å². The van der Waals surface area contributed by atoms with Gasteiger partial charge in [-0.15, -0.1) is 11.6 Å². The Morgan fingerprint density at radius 1 is 1.35 bits per heavy atom. The van der Waals surface area contributed by atoms with E-state index in [1.54, 1.807) is 0 Å². The van der Waals surface area contributed by atoms with Crippen LogP contribution in [-0.2, 0) is 10.6 Å². The first-order valence-corrected chi connectivity index (χ1v) is 7.55. The number of rotatable bonds is 2. The zero-order valence-corrected chi connectivity index (χ0v) is 12.6. The van der Waals surface area contributed by atoms with E-state index in [2.05, 4.69) is 49.1 Å². The Hall–Kier alpha value is -1.32. The fourth-order valence-corrected chi connectivity index (χ4v) is 2.86. The average Bonchev–Trinajstić information content (AvgIpc) is 2.48. The van der Waals surface area contributed by atoms with Gasteiger partial charge in [-0.05, 0) is 25.3 Å². The third-order valence-corrected chi connectivity index (χ3v) is 4.06. The maximum Gasteiger partial charge on any atom is 0.137 e. The summed E-state index contributed by atoms with van der Waals surface area (Å²) in [6.45, 7) is 5.88. The van der Waals surface area contributed by atoms with Crippen LogP contribution >= 0.6 is 11.6 Å². The first kappa shape index (κ1) is 13.7. The van der Waals surface area contributed by atoms with Crippen LogP contribution in [0.4, 0.5) is 5.82 Å². The second kappa shape index (κ2) is 5.58. The van der Waals surface area contributed by atoms with Crippen LogP contribution in [0.5, 0.6) is 0 Å². The highest BCUT2D eigenvalue weighted by Crippen LogP contribution is 2.29. The van der Waals surface area contributed by atoms with Gasteiger partial charge in [0.15, 0.2) is 0 Å². The van der Waals surface area contributed by atoms with Crippen molar-refractivity contribution in [1.29, 1.82) is 0 Å². The summed E-state index contributed by atoms with van der Waals surface area (Å²) in [6, 6.07) is 10.7. The number of aromatic nitrogens is 1. The molecule has 20 heavy (non-hydrogen) atoms. The minimum absolute atomic E-state index is 0.228. The van der Waals surface area contributed by atoms with Crippen molar-refractivity contribution in [1.82, 2.24) is 4.98 Å². The summed E-state index contributed by atoms with van der Waals surface area (Å²) in [4.78, 5) is 7.11. The molecule has 2 heterocycles. The highest BCUT2D eigenvalue weighted by Gasteiger charge is 2.26. The summed E-state index contributed by atoms with van der Waals surface area (Å²) >= 11 is 6.00. The minimum Gasteiger partial charge on any atom is -0.375 e. The highest BCUT2D eigenvalue weighted by molar-refractivity contribution is 6.17. The molecule has 0 amide bonds. The largest absolute Gasteiger partial charge is 0.375 e. The Bertz CT molecular complexity index is 616. The molecule has 1 saturated heterocycles. The molecular weight excluding hydrogens is 272 g/mol.